The third-order valence-corrected chi connectivity index (χ3v) is 6.90. The Balaban J connectivity index is 1.60. The minimum absolute atomic E-state index is 0.0163. The molecule has 1 saturated heterocycles. The van der Waals surface area contributed by atoms with Crippen molar-refractivity contribution in [2.75, 3.05) is 20.2 Å². The summed E-state index contributed by atoms with van der Waals surface area (Å²) in [6, 6.07) is 9.98. The first-order chi connectivity index (χ1) is 14.4. The van der Waals surface area contributed by atoms with E-state index in [0.29, 0.717) is 42.3 Å². The summed E-state index contributed by atoms with van der Waals surface area (Å²) in [5.41, 5.74) is -0.0163. The second-order valence-corrected chi connectivity index (χ2v) is 9.17. The first kappa shape index (κ1) is 20.1. The lowest BCUT2D eigenvalue weighted by Gasteiger charge is -2.15. The minimum atomic E-state index is -1.89. The van der Waals surface area contributed by atoms with E-state index in [9.17, 15) is 19.2 Å². The summed E-state index contributed by atoms with van der Waals surface area (Å²) < 4.78 is 29.6. The van der Waals surface area contributed by atoms with E-state index in [-0.39, 0.29) is 23.0 Å². The number of fused-ring (bicyclic) bond motifs is 1. The molecule has 9 heteroatoms. The molecule has 4 rings (SSSR count). The van der Waals surface area contributed by atoms with Gasteiger partial charge in [0.2, 0.25) is 0 Å². The molecular weight excluding hydrogens is 406 g/mol. The zero-order valence-electron chi connectivity index (χ0n) is 16.4. The fourth-order valence-electron chi connectivity index (χ4n) is 3.49. The van der Waals surface area contributed by atoms with E-state index in [0.717, 1.165) is 6.42 Å². The van der Waals surface area contributed by atoms with Crippen LogP contribution in [0.4, 0.5) is 0 Å². The summed E-state index contributed by atoms with van der Waals surface area (Å²) in [6.07, 6.45) is 0.619. The second kappa shape index (κ2) is 8.27. The Morgan fingerprint density at radius 1 is 1.20 bits per heavy atom. The van der Waals surface area contributed by atoms with Crippen molar-refractivity contribution in [2.45, 2.75) is 25.0 Å². The molecule has 1 unspecified atom stereocenters. The standard InChI is InChI=1S/C21H21NO7Si/c1-22-6-5-17(20(22)23)29-16-10-13(21(24)25)9-15(11-16)28-14-3-4-19-18(12-14)27-7-2-8-30(19)26/h3-4,9-12,17H,2,5-8H2,1H3,(H,24,25). The Bertz CT molecular complexity index is 1020. The molecule has 1 amide bonds. The number of hydrogen-bond acceptors (Lipinski definition) is 6. The highest BCUT2D eigenvalue weighted by atomic mass is 28.3. The third kappa shape index (κ3) is 4.20. The summed E-state index contributed by atoms with van der Waals surface area (Å²) in [4.78, 5) is 25.2. The smallest absolute Gasteiger partial charge is 0.335 e. The van der Waals surface area contributed by atoms with E-state index in [2.05, 4.69) is 0 Å². The van der Waals surface area contributed by atoms with E-state index in [4.69, 9.17) is 14.2 Å². The van der Waals surface area contributed by atoms with Crippen molar-refractivity contribution in [1.29, 1.82) is 0 Å². The van der Waals surface area contributed by atoms with Crippen LogP contribution in [0.5, 0.6) is 23.0 Å². The number of ether oxygens (including phenoxy) is 3. The molecular formula is C21H21NO7Si. The van der Waals surface area contributed by atoms with E-state index in [1.165, 1.54) is 12.1 Å². The SMILES string of the molecule is CN1CCC(Oc2cc(Oc3ccc4c(c3)OCCC[Si]4=O)cc(C(=O)O)c2)C1=O. The fraction of sp³-hybridized carbons (Fsp3) is 0.333. The van der Waals surface area contributed by atoms with Gasteiger partial charge in [0.15, 0.2) is 6.10 Å². The highest BCUT2D eigenvalue weighted by Gasteiger charge is 2.31. The van der Waals surface area contributed by atoms with Crippen LogP contribution < -0.4 is 19.4 Å². The third-order valence-electron chi connectivity index (χ3n) is 5.08. The molecule has 0 radical (unpaired) electrons. The molecule has 2 aliphatic rings. The number of nitrogens with zero attached hydrogens (tertiary/aromatic N) is 1. The van der Waals surface area contributed by atoms with Gasteiger partial charge in [0.25, 0.3) is 5.91 Å². The molecule has 156 valence electrons. The summed E-state index contributed by atoms with van der Waals surface area (Å²) in [5, 5.41) is 10.1. The number of carboxylic acids is 1. The molecule has 0 bridgehead atoms. The summed E-state index contributed by atoms with van der Waals surface area (Å²) in [7, 11) is -0.188. The lowest BCUT2D eigenvalue weighted by Crippen LogP contribution is -2.29. The molecule has 1 fully saturated rings. The van der Waals surface area contributed by atoms with Crippen LogP contribution in [0.15, 0.2) is 36.4 Å². The molecule has 0 aromatic heterocycles. The maximum Gasteiger partial charge on any atom is 0.335 e. The van der Waals surface area contributed by atoms with Gasteiger partial charge in [-0.05, 0) is 36.7 Å². The predicted octanol–water partition coefficient (Wildman–Crippen LogP) is 2.20. The van der Waals surface area contributed by atoms with E-state index in [1.54, 1.807) is 36.2 Å². The molecule has 0 aliphatic carbocycles. The maximum atomic E-state index is 12.3. The van der Waals surface area contributed by atoms with Crippen molar-refractivity contribution in [3.8, 4) is 23.0 Å². The van der Waals surface area contributed by atoms with Gasteiger partial charge in [0.1, 0.15) is 23.0 Å². The van der Waals surface area contributed by atoms with Gasteiger partial charge in [-0.1, -0.05) is 0 Å². The van der Waals surface area contributed by atoms with Gasteiger partial charge in [-0.3, -0.25) is 4.79 Å². The van der Waals surface area contributed by atoms with Gasteiger partial charge in [-0.25, -0.2) is 4.79 Å². The quantitative estimate of drug-likeness (QED) is 0.730. The van der Waals surface area contributed by atoms with Crippen LogP contribution in [0.25, 0.3) is 0 Å². The van der Waals surface area contributed by atoms with Crippen molar-refractivity contribution >= 4 is 25.7 Å². The van der Waals surface area contributed by atoms with Crippen LogP contribution in [0, 0.1) is 0 Å². The highest BCUT2D eigenvalue weighted by Crippen LogP contribution is 2.31. The average molecular weight is 427 g/mol. The molecule has 30 heavy (non-hydrogen) atoms. The number of rotatable bonds is 5. The van der Waals surface area contributed by atoms with Crippen molar-refractivity contribution in [3.63, 3.8) is 0 Å². The van der Waals surface area contributed by atoms with Gasteiger partial charge in [0.05, 0.1) is 12.2 Å². The Kier molecular flexibility index (Phi) is 5.54. The predicted molar refractivity (Wildman–Crippen MR) is 108 cm³/mol. The van der Waals surface area contributed by atoms with Crippen molar-refractivity contribution in [2.24, 2.45) is 0 Å². The van der Waals surface area contributed by atoms with Crippen molar-refractivity contribution in [3.05, 3.63) is 42.0 Å². The fourth-order valence-corrected chi connectivity index (χ4v) is 4.91. The number of benzene rings is 2. The van der Waals surface area contributed by atoms with Gasteiger partial charge < -0.3 is 28.7 Å². The molecule has 2 aliphatic heterocycles. The Labute approximate surface area is 174 Å². The first-order valence-electron chi connectivity index (χ1n) is 9.68. The lowest BCUT2D eigenvalue weighted by molar-refractivity contribution is -0.132. The Hall–Kier alpha value is -3.20. The molecule has 0 spiro atoms. The first-order valence-corrected chi connectivity index (χ1v) is 11.3. The number of carboxylic acid groups (broad SMARTS) is 1. The largest absolute Gasteiger partial charge is 0.493 e. The zero-order chi connectivity index (χ0) is 21.3. The maximum absolute atomic E-state index is 12.3. The van der Waals surface area contributed by atoms with Crippen LogP contribution in [0.3, 0.4) is 0 Å². The highest BCUT2D eigenvalue weighted by molar-refractivity contribution is 6.60. The molecule has 1 atom stereocenters. The van der Waals surface area contributed by atoms with Crippen LogP contribution in [-0.2, 0) is 9.26 Å². The van der Waals surface area contributed by atoms with E-state index < -0.39 is 20.8 Å². The number of likely N-dealkylation sites (N-methyl/N-ethyl adjacent to an activating group) is 1. The molecule has 2 aromatic rings. The van der Waals surface area contributed by atoms with Crippen LogP contribution >= 0.6 is 0 Å². The Morgan fingerprint density at radius 2 is 2.00 bits per heavy atom. The van der Waals surface area contributed by atoms with Gasteiger partial charge >= 0.3 is 14.7 Å². The van der Waals surface area contributed by atoms with Crippen LogP contribution in [-0.4, -0.2) is 56.9 Å². The van der Waals surface area contributed by atoms with Gasteiger partial charge in [-0.2, -0.15) is 0 Å². The minimum Gasteiger partial charge on any atom is -0.493 e. The number of carbonyl (C=O) groups excluding carboxylic acids is 1. The number of hydrogen-bond donors (Lipinski definition) is 1. The summed E-state index contributed by atoms with van der Waals surface area (Å²) >= 11 is 0. The summed E-state index contributed by atoms with van der Waals surface area (Å²) in [6.45, 7) is 1.08. The number of aromatic carboxylic acids is 1. The number of carbonyl (C=O) groups is 2. The zero-order valence-corrected chi connectivity index (χ0v) is 17.4. The molecule has 2 heterocycles. The van der Waals surface area contributed by atoms with Crippen molar-refractivity contribution in [1.82, 2.24) is 4.90 Å². The molecule has 1 N–H and O–H groups in total. The number of amides is 1. The van der Waals surface area contributed by atoms with Crippen molar-refractivity contribution < 1.29 is 33.4 Å². The van der Waals surface area contributed by atoms with E-state index in [1.807, 2.05) is 0 Å². The second-order valence-electron chi connectivity index (χ2n) is 7.29. The molecule has 8 nitrogen and oxygen atoms in total. The monoisotopic (exact) mass is 427 g/mol. The molecule has 2 aromatic carbocycles. The van der Waals surface area contributed by atoms with Gasteiger partial charge in [-0.15, -0.1) is 0 Å². The topological polar surface area (TPSA) is 102 Å². The van der Waals surface area contributed by atoms with Crippen LogP contribution in [0.1, 0.15) is 23.2 Å². The lowest BCUT2D eigenvalue weighted by atomic mass is 10.2. The normalized spacial score (nSPS) is 18.4. The average Bonchev–Trinajstić information content (AvgIpc) is 2.92. The number of likely N-dealkylation sites (tertiary alicyclic amines) is 1. The van der Waals surface area contributed by atoms with E-state index >= 15 is 0 Å². The van der Waals surface area contributed by atoms with Gasteiger partial charge in [0, 0.05) is 37.3 Å². The molecule has 0 saturated carbocycles. The Morgan fingerprint density at radius 3 is 2.73 bits per heavy atom. The summed E-state index contributed by atoms with van der Waals surface area (Å²) in [5.74, 6) is 0.176. The van der Waals surface area contributed by atoms with Crippen LogP contribution in [0.2, 0.25) is 6.04 Å².